The molecule has 0 radical (unpaired) electrons. The average molecular weight is 268 g/mol. The summed E-state index contributed by atoms with van der Waals surface area (Å²) in [4.78, 5) is 12.0. The molecule has 0 spiro atoms. The standard InChI is InChI=1S/C14H18ClNO2/c1-10-5-4-8-16-13(10)14(17)18-9-11-6-2-3-7-12(11)15/h2-3,6-7,10,13,16H,4-5,8-9H2,1H3. The lowest BCUT2D eigenvalue weighted by atomic mass is 9.93. The van der Waals surface area contributed by atoms with Gasteiger partial charge in [-0.05, 0) is 31.4 Å². The largest absolute Gasteiger partial charge is 0.460 e. The Hall–Kier alpha value is -1.06. The molecule has 1 heterocycles. The summed E-state index contributed by atoms with van der Waals surface area (Å²) in [5.74, 6) is 0.152. The van der Waals surface area contributed by atoms with Crippen LogP contribution in [0.5, 0.6) is 0 Å². The van der Waals surface area contributed by atoms with Crippen LogP contribution in [0.25, 0.3) is 0 Å². The van der Waals surface area contributed by atoms with Gasteiger partial charge in [0.25, 0.3) is 0 Å². The van der Waals surface area contributed by atoms with E-state index in [1.54, 1.807) is 6.07 Å². The molecule has 1 N–H and O–H groups in total. The predicted octanol–water partition coefficient (Wildman–Crippen LogP) is 2.77. The summed E-state index contributed by atoms with van der Waals surface area (Å²) in [6.07, 6.45) is 2.19. The SMILES string of the molecule is CC1CCCNC1C(=O)OCc1ccccc1Cl. The summed E-state index contributed by atoms with van der Waals surface area (Å²) in [7, 11) is 0. The van der Waals surface area contributed by atoms with Crippen molar-refractivity contribution in [2.24, 2.45) is 5.92 Å². The van der Waals surface area contributed by atoms with E-state index in [0.29, 0.717) is 10.9 Å². The second-order valence-corrected chi connectivity index (χ2v) is 5.16. The first-order valence-corrected chi connectivity index (χ1v) is 6.69. The Bertz CT molecular complexity index is 422. The van der Waals surface area contributed by atoms with E-state index in [1.165, 1.54) is 0 Å². The summed E-state index contributed by atoms with van der Waals surface area (Å²) in [5, 5.41) is 3.85. The summed E-state index contributed by atoms with van der Waals surface area (Å²) >= 11 is 6.02. The van der Waals surface area contributed by atoms with E-state index in [1.807, 2.05) is 18.2 Å². The molecule has 1 aromatic carbocycles. The molecule has 18 heavy (non-hydrogen) atoms. The number of rotatable bonds is 3. The quantitative estimate of drug-likeness (QED) is 0.856. The molecule has 3 nitrogen and oxygen atoms in total. The van der Waals surface area contributed by atoms with Gasteiger partial charge in [-0.3, -0.25) is 4.79 Å². The number of piperidine rings is 1. The summed E-state index contributed by atoms with van der Waals surface area (Å²) < 4.78 is 5.33. The van der Waals surface area contributed by atoms with Gasteiger partial charge in [0.1, 0.15) is 12.6 Å². The second-order valence-electron chi connectivity index (χ2n) is 4.75. The van der Waals surface area contributed by atoms with Gasteiger partial charge < -0.3 is 10.1 Å². The van der Waals surface area contributed by atoms with Crippen molar-refractivity contribution in [2.45, 2.75) is 32.4 Å². The lowest BCUT2D eigenvalue weighted by Gasteiger charge is -2.28. The molecular formula is C14H18ClNO2. The van der Waals surface area contributed by atoms with E-state index in [2.05, 4.69) is 12.2 Å². The highest BCUT2D eigenvalue weighted by atomic mass is 35.5. The van der Waals surface area contributed by atoms with Crippen molar-refractivity contribution in [2.75, 3.05) is 6.54 Å². The number of carbonyl (C=O) groups is 1. The third kappa shape index (κ3) is 3.24. The lowest BCUT2D eigenvalue weighted by molar-refractivity contribution is -0.149. The molecule has 2 unspecified atom stereocenters. The Labute approximate surface area is 112 Å². The number of nitrogens with one attached hydrogen (secondary N) is 1. The smallest absolute Gasteiger partial charge is 0.323 e. The molecule has 0 aliphatic carbocycles. The van der Waals surface area contributed by atoms with Crippen LogP contribution in [-0.4, -0.2) is 18.6 Å². The van der Waals surface area contributed by atoms with Gasteiger partial charge in [-0.1, -0.05) is 36.7 Å². The van der Waals surface area contributed by atoms with Crippen LogP contribution in [0.3, 0.4) is 0 Å². The van der Waals surface area contributed by atoms with Gasteiger partial charge >= 0.3 is 5.97 Å². The number of hydrogen-bond acceptors (Lipinski definition) is 3. The molecule has 0 saturated carbocycles. The highest BCUT2D eigenvalue weighted by molar-refractivity contribution is 6.31. The molecule has 1 aromatic rings. The summed E-state index contributed by atoms with van der Waals surface area (Å²) in [5.41, 5.74) is 0.843. The Morgan fingerprint density at radius 3 is 3.00 bits per heavy atom. The predicted molar refractivity (Wildman–Crippen MR) is 71.4 cm³/mol. The van der Waals surface area contributed by atoms with Crippen LogP contribution in [0.2, 0.25) is 5.02 Å². The maximum Gasteiger partial charge on any atom is 0.323 e. The molecule has 0 bridgehead atoms. The van der Waals surface area contributed by atoms with E-state index < -0.39 is 0 Å². The van der Waals surface area contributed by atoms with Crippen LogP contribution in [-0.2, 0) is 16.1 Å². The molecule has 4 heteroatoms. The number of carbonyl (C=O) groups excluding carboxylic acids is 1. The minimum Gasteiger partial charge on any atom is -0.460 e. The fourth-order valence-corrected chi connectivity index (χ4v) is 2.41. The van der Waals surface area contributed by atoms with Crippen LogP contribution < -0.4 is 5.32 Å². The highest BCUT2D eigenvalue weighted by Gasteiger charge is 2.28. The number of ether oxygens (including phenoxy) is 1. The van der Waals surface area contributed by atoms with Gasteiger partial charge in [0.15, 0.2) is 0 Å². The summed E-state index contributed by atoms with van der Waals surface area (Å²) in [6, 6.07) is 7.23. The topological polar surface area (TPSA) is 38.3 Å². The molecule has 1 aliphatic heterocycles. The Kier molecular flexibility index (Phi) is 4.61. The van der Waals surface area contributed by atoms with Crippen molar-refractivity contribution >= 4 is 17.6 Å². The fraction of sp³-hybridized carbons (Fsp3) is 0.500. The number of esters is 1. The van der Waals surface area contributed by atoms with E-state index >= 15 is 0 Å². The average Bonchev–Trinajstić information content (AvgIpc) is 2.38. The normalized spacial score (nSPS) is 23.7. The number of benzene rings is 1. The molecule has 98 valence electrons. The molecule has 1 aliphatic rings. The third-order valence-electron chi connectivity index (χ3n) is 3.35. The van der Waals surface area contributed by atoms with Crippen molar-refractivity contribution in [1.29, 1.82) is 0 Å². The first-order valence-electron chi connectivity index (χ1n) is 6.32. The minimum atomic E-state index is -0.179. The van der Waals surface area contributed by atoms with E-state index in [-0.39, 0.29) is 18.6 Å². The molecule has 1 saturated heterocycles. The van der Waals surface area contributed by atoms with Crippen LogP contribution in [0.15, 0.2) is 24.3 Å². The molecule has 1 fully saturated rings. The van der Waals surface area contributed by atoms with Crippen molar-refractivity contribution < 1.29 is 9.53 Å². The van der Waals surface area contributed by atoms with Gasteiger partial charge in [0, 0.05) is 10.6 Å². The Balaban J connectivity index is 1.90. The van der Waals surface area contributed by atoms with Crippen LogP contribution in [0, 0.1) is 5.92 Å². The lowest BCUT2D eigenvalue weighted by Crippen LogP contribution is -2.46. The van der Waals surface area contributed by atoms with Crippen LogP contribution in [0.1, 0.15) is 25.3 Å². The summed E-state index contributed by atoms with van der Waals surface area (Å²) in [6.45, 7) is 3.20. The molecule has 0 aromatic heterocycles. The highest BCUT2D eigenvalue weighted by Crippen LogP contribution is 2.19. The molecule has 2 atom stereocenters. The molecule has 2 rings (SSSR count). The zero-order chi connectivity index (χ0) is 13.0. The van der Waals surface area contributed by atoms with Gasteiger partial charge in [-0.25, -0.2) is 0 Å². The monoisotopic (exact) mass is 267 g/mol. The van der Waals surface area contributed by atoms with E-state index in [4.69, 9.17) is 16.3 Å². The van der Waals surface area contributed by atoms with Crippen molar-refractivity contribution in [1.82, 2.24) is 5.32 Å². The van der Waals surface area contributed by atoms with Crippen molar-refractivity contribution in [3.8, 4) is 0 Å². The van der Waals surface area contributed by atoms with Gasteiger partial charge in [-0.2, -0.15) is 0 Å². The van der Waals surface area contributed by atoms with Gasteiger partial charge in [0.2, 0.25) is 0 Å². The van der Waals surface area contributed by atoms with Gasteiger partial charge in [0.05, 0.1) is 0 Å². The maximum atomic E-state index is 12.0. The molecular weight excluding hydrogens is 250 g/mol. The zero-order valence-electron chi connectivity index (χ0n) is 10.5. The second kappa shape index (κ2) is 6.21. The first kappa shape index (κ1) is 13.4. The van der Waals surface area contributed by atoms with Crippen molar-refractivity contribution in [3.63, 3.8) is 0 Å². The van der Waals surface area contributed by atoms with Crippen LogP contribution >= 0.6 is 11.6 Å². The Morgan fingerprint density at radius 1 is 1.50 bits per heavy atom. The Morgan fingerprint density at radius 2 is 2.28 bits per heavy atom. The number of halogens is 1. The first-order chi connectivity index (χ1) is 8.68. The van der Waals surface area contributed by atoms with Crippen LogP contribution in [0.4, 0.5) is 0 Å². The van der Waals surface area contributed by atoms with E-state index in [9.17, 15) is 4.79 Å². The third-order valence-corrected chi connectivity index (χ3v) is 3.72. The number of hydrogen-bond donors (Lipinski definition) is 1. The maximum absolute atomic E-state index is 12.0. The minimum absolute atomic E-state index is 0.179. The van der Waals surface area contributed by atoms with Crippen molar-refractivity contribution in [3.05, 3.63) is 34.9 Å². The fourth-order valence-electron chi connectivity index (χ4n) is 2.22. The zero-order valence-corrected chi connectivity index (χ0v) is 11.2. The molecule has 0 amide bonds. The van der Waals surface area contributed by atoms with Gasteiger partial charge in [-0.15, -0.1) is 0 Å². The van der Waals surface area contributed by atoms with E-state index in [0.717, 1.165) is 24.9 Å².